The van der Waals surface area contributed by atoms with Crippen LogP contribution in [0.25, 0.3) is 17.1 Å². The summed E-state index contributed by atoms with van der Waals surface area (Å²) >= 11 is 7.33. The molecule has 174 valence electrons. The molecule has 7 nitrogen and oxygen atoms in total. The van der Waals surface area contributed by atoms with E-state index in [2.05, 4.69) is 15.5 Å². The summed E-state index contributed by atoms with van der Waals surface area (Å²) in [5.74, 6) is 0.808. The van der Waals surface area contributed by atoms with Crippen molar-refractivity contribution in [1.82, 2.24) is 14.8 Å². The molecular formula is C24H20ClFN4O3S. The van der Waals surface area contributed by atoms with Crippen molar-refractivity contribution in [3.63, 3.8) is 0 Å². The van der Waals surface area contributed by atoms with Crippen LogP contribution in [0.4, 0.5) is 10.1 Å². The van der Waals surface area contributed by atoms with E-state index in [9.17, 15) is 9.18 Å². The molecule has 4 aromatic rings. The summed E-state index contributed by atoms with van der Waals surface area (Å²) in [6.07, 6.45) is 0. The average Bonchev–Trinajstić information content (AvgIpc) is 3.28. The molecule has 0 radical (unpaired) electrons. The number of rotatable bonds is 8. The fourth-order valence-electron chi connectivity index (χ4n) is 3.24. The molecule has 0 saturated carbocycles. The number of hydrogen-bond acceptors (Lipinski definition) is 6. The number of amides is 1. The van der Waals surface area contributed by atoms with E-state index in [0.29, 0.717) is 38.9 Å². The van der Waals surface area contributed by atoms with E-state index >= 15 is 0 Å². The third-order valence-electron chi connectivity index (χ3n) is 4.83. The second kappa shape index (κ2) is 10.6. The number of aromatic nitrogens is 3. The summed E-state index contributed by atoms with van der Waals surface area (Å²) in [4.78, 5) is 12.7. The van der Waals surface area contributed by atoms with Gasteiger partial charge in [0.05, 0.1) is 30.7 Å². The number of carbonyl (C=O) groups excluding carboxylic acids is 1. The lowest BCUT2D eigenvalue weighted by molar-refractivity contribution is -0.113. The van der Waals surface area contributed by atoms with Crippen LogP contribution in [0.1, 0.15) is 0 Å². The molecule has 1 amide bonds. The van der Waals surface area contributed by atoms with Crippen LogP contribution in [0.15, 0.2) is 71.9 Å². The van der Waals surface area contributed by atoms with Crippen LogP contribution in [0, 0.1) is 5.82 Å². The zero-order valence-electron chi connectivity index (χ0n) is 18.3. The number of benzene rings is 3. The Morgan fingerprint density at radius 2 is 1.74 bits per heavy atom. The van der Waals surface area contributed by atoms with Crippen molar-refractivity contribution in [3.05, 3.63) is 77.6 Å². The lowest BCUT2D eigenvalue weighted by atomic mass is 10.2. The number of anilines is 1. The summed E-state index contributed by atoms with van der Waals surface area (Å²) in [6, 6.07) is 18.7. The van der Waals surface area contributed by atoms with Crippen molar-refractivity contribution < 1.29 is 18.7 Å². The summed E-state index contributed by atoms with van der Waals surface area (Å²) in [6.45, 7) is 0. The Morgan fingerprint density at radius 1 is 1.03 bits per heavy atom. The van der Waals surface area contributed by atoms with Gasteiger partial charge >= 0.3 is 0 Å². The highest BCUT2D eigenvalue weighted by Gasteiger charge is 2.18. The second-order valence-corrected chi connectivity index (χ2v) is 8.36. The predicted molar refractivity (Wildman–Crippen MR) is 131 cm³/mol. The smallest absolute Gasteiger partial charge is 0.234 e. The van der Waals surface area contributed by atoms with Crippen LogP contribution in [-0.2, 0) is 4.79 Å². The Bertz CT molecular complexity index is 1300. The Balaban J connectivity index is 1.58. The Kier molecular flexibility index (Phi) is 7.34. The molecule has 0 fully saturated rings. The SMILES string of the molecule is COc1cc(NC(=O)CSc2nnc(-c3ccccc3)n2-c2ccc(F)cc2)c(OC)cc1Cl. The van der Waals surface area contributed by atoms with Gasteiger partial charge in [-0.2, -0.15) is 0 Å². The minimum Gasteiger partial charge on any atom is -0.495 e. The minimum atomic E-state index is -0.348. The maximum Gasteiger partial charge on any atom is 0.234 e. The van der Waals surface area contributed by atoms with E-state index in [0.717, 1.165) is 5.56 Å². The topological polar surface area (TPSA) is 78.3 Å². The first-order valence-electron chi connectivity index (χ1n) is 10.1. The van der Waals surface area contributed by atoms with Crippen LogP contribution in [-0.4, -0.2) is 40.6 Å². The number of ether oxygens (including phenoxy) is 2. The summed E-state index contributed by atoms with van der Waals surface area (Å²) in [7, 11) is 2.97. The molecule has 0 spiro atoms. The molecule has 4 rings (SSSR count). The molecule has 0 aliphatic rings. The number of methoxy groups -OCH3 is 2. The number of nitrogens with one attached hydrogen (secondary N) is 1. The van der Waals surface area contributed by atoms with Gasteiger partial charge in [-0.3, -0.25) is 9.36 Å². The van der Waals surface area contributed by atoms with Gasteiger partial charge in [0.1, 0.15) is 17.3 Å². The zero-order valence-corrected chi connectivity index (χ0v) is 19.9. The van der Waals surface area contributed by atoms with Gasteiger partial charge in [-0.15, -0.1) is 10.2 Å². The molecule has 1 heterocycles. The number of thioether (sulfide) groups is 1. The van der Waals surface area contributed by atoms with Crippen LogP contribution in [0.2, 0.25) is 5.02 Å². The fraction of sp³-hybridized carbons (Fsp3) is 0.125. The quantitative estimate of drug-likeness (QED) is 0.324. The molecule has 10 heteroatoms. The average molecular weight is 499 g/mol. The van der Waals surface area contributed by atoms with E-state index < -0.39 is 0 Å². The molecular weight excluding hydrogens is 479 g/mol. The molecule has 0 unspecified atom stereocenters. The highest BCUT2D eigenvalue weighted by Crippen LogP contribution is 2.36. The summed E-state index contributed by atoms with van der Waals surface area (Å²) in [5, 5.41) is 12.3. The van der Waals surface area contributed by atoms with Gasteiger partial charge in [0.2, 0.25) is 5.91 Å². The highest BCUT2D eigenvalue weighted by molar-refractivity contribution is 7.99. The van der Waals surface area contributed by atoms with E-state index in [1.165, 1.54) is 38.1 Å². The van der Waals surface area contributed by atoms with Gasteiger partial charge in [0.25, 0.3) is 0 Å². The molecule has 3 aromatic carbocycles. The molecule has 0 bridgehead atoms. The van der Waals surface area contributed by atoms with Gasteiger partial charge in [-0.1, -0.05) is 53.7 Å². The van der Waals surface area contributed by atoms with Crippen molar-refractivity contribution >= 4 is 35.0 Å². The second-order valence-electron chi connectivity index (χ2n) is 7.01. The Hall–Kier alpha value is -3.56. The predicted octanol–water partition coefficient (Wildman–Crippen LogP) is 5.47. The molecule has 0 aliphatic heterocycles. The van der Waals surface area contributed by atoms with Crippen LogP contribution in [0.5, 0.6) is 11.5 Å². The monoisotopic (exact) mass is 498 g/mol. The Labute approximate surface area is 204 Å². The van der Waals surface area contributed by atoms with Crippen LogP contribution in [0.3, 0.4) is 0 Å². The summed E-state index contributed by atoms with van der Waals surface area (Å²) in [5.41, 5.74) is 1.95. The molecule has 0 atom stereocenters. The number of hydrogen-bond donors (Lipinski definition) is 1. The maximum absolute atomic E-state index is 13.5. The molecule has 0 aliphatic carbocycles. The maximum atomic E-state index is 13.5. The van der Waals surface area contributed by atoms with Crippen molar-refractivity contribution in [3.8, 4) is 28.6 Å². The van der Waals surface area contributed by atoms with E-state index in [4.69, 9.17) is 21.1 Å². The fourth-order valence-corrected chi connectivity index (χ4v) is 4.22. The van der Waals surface area contributed by atoms with E-state index in [1.807, 2.05) is 30.3 Å². The molecule has 1 aromatic heterocycles. The van der Waals surface area contributed by atoms with Crippen molar-refractivity contribution in [2.24, 2.45) is 0 Å². The van der Waals surface area contributed by atoms with Gasteiger partial charge in [0.15, 0.2) is 11.0 Å². The number of nitrogens with zero attached hydrogens (tertiary/aromatic N) is 3. The van der Waals surface area contributed by atoms with Gasteiger partial charge in [-0.25, -0.2) is 4.39 Å². The number of carbonyl (C=O) groups is 1. The first-order valence-corrected chi connectivity index (χ1v) is 11.5. The zero-order chi connectivity index (χ0) is 24.1. The highest BCUT2D eigenvalue weighted by atomic mass is 35.5. The third kappa shape index (κ3) is 5.16. The normalized spacial score (nSPS) is 10.7. The van der Waals surface area contributed by atoms with Crippen molar-refractivity contribution in [2.75, 3.05) is 25.3 Å². The lowest BCUT2D eigenvalue weighted by Gasteiger charge is -2.13. The van der Waals surface area contributed by atoms with Gasteiger partial charge in [-0.05, 0) is 24.3 Å². The Morgan fingerprint density at radius 3 is 2.41 bits per heavy atom. The molecule has 0 saturated heterocycles. The van der Waals surface area contributed by atoms with Crippen molar-refractivity contribution in [1.29, 1.82) is 0 Å². The van der Waals surface area contributed by atoms with Gasteiger partial charge < -0.3 is 14.8 Å². The van der Waals surface area contributed by atoms with Crippen LogP contribution < -0.4 is 14.8 Å². The minimum absolute atomic E-state index is 0.0439. The number of halogens is 2. The van der Waals surface area contributed by atoms with E-state index in [-0.39, 0.29) is 17.5 Å². The first kappa shape index (κ1) is 23.6. The van der Waals surface area contributed by atoms with Crippen molar-refractivity contribution in [2.45, 2.75) is 5.16 Å². The molecule has 1 N–H and O–H groups in total. The lowest BCUT2D eigenvalue weighted by Crippen LogP contribution is -2.15. The largest absolute Gasteiger partial charge is 0.495 e. The third-order valence-corrected chi connectivity index (χ3v) is 6.05. The first-order chi connectivity index (χ1) is 16.5. The van der Waals surface area contributed by atoms with E-state index in [1.54, 1.807) is 28.8 Å². The summed E-state index contributed by atoms with van der Waals surface area (Å²) < 4.78 is 25.8. The van der Waals surface area contributed by atoms with Gasteiger partial charge in [0, 0.05) is 23.4 Å². The van der Waals surface area contributed by atoms with Crippen LogP contribution >= 0.6 is 23.4 Å². The standard InChI is InChI=1S/C24H20ClFN4O3S/c1-32-20-13-19(21(33-2)12-18(20)25)27-22(31)14-34-24-29-28-23(15-6-4-3-5-7-15)30(24)17-10-8-16(26)9-11-17/h3-13H,14H2,1-2H3,(H,27,31). The molecule has 34 heavy (non-hydrogen) atoms.